The zero-order valence-electron chi connectivity index (χ0n) is 6.73. The van der Waals surface area contributed by atoms with Gasteiger partial charge in [0.25, 0.3) is 0 Å². The molecule has 1 rings (SSSR count). The van der Waals surface area contributed by atoms with Gasteiger partial charge in [0.2, 0.25) is 0 Å². The molecule has 0 aliphatic carbocycles. The van der Waals surface area contributed by atoms with Gasteiger partial charge in [-0.25, -0.2) is 0 Å². The predicted octanol–water partition coefficient (Wildman–Crippen LogP) is 1.86. The number of hydrogen-bond acceptors (Lipinski definition) is 2. The number of rotatable bonds is 4. The molecule has 12 heavy (non-hydrogen) atoms. The van der Waals surface area contributed by atoms with Crippen LogP contribution >= 0.6 is 12.6 Å². The van der Waals surface area contributed by atoms with Gasteiger partial charge < -0.3 is 0 Å². The lowest BCUT2D eigenvalue weighted by molar-refractivity contribution is -0.110. The van der Waals surface area contributed by atoms with Crippen LogP contribution in [0.1, 0.15) is 18.4 Å². The summed E-state index contributed by atoms with van der Waals surface area (Å²) in [5, 5.41) is -0.0427. The van der Waals surface area contributed by atoms with Crippen LogP contribution in [0.25, 0.3) is 0 Å². The van der Waals surface area contributed by atoms with Crippen molar-refractivity contribution in [2.45, 2.75) is 19.3 Å². The predicted molar refractivity (Wildman–Crippen MR) is 51.2 cm³/mol. The van der Waals surface area contributed by atoms with Crippen molar-refractivity contribution in [3.63, 3.8) is 0 Å². The molecule has 0 saturated carbocycles. The molecular formula is C9H11NOS. The van der Waals surface area contributed by atoms with Crippen LogP contribution in [0.2, 0.25) is 0 Å². The Hall–Kier alpha value is -0.830. The fraction of sp³-hybridized carbons (Fsp3) is 0.333. The lowest BCUT2D eigenvalue weighted by Crippen LogP contribution is -1.90. The first-order valence-electron chi connectivity index (χ1n) is 3.90. The quantitative estimate of drug-likeness (QED) is 0.718. The molecule has 0 saturated heterocycles. The molecule has 0 bridgehead atoms. The van der Waals surface area contributed by atoms with Crippen molar-refractivity contribution in [2.75, 3.05) is 0 Å². The molecule has 0 spiro atoms. The van der Waals surface area contributed by atoms with Crippen molar-refractivity contribution in [1.29, 1.82) is 0 Å². The largest absolute Gasteiger partial charge is 0.288 e. The molecule has 0 fully saturated rings. The van der Waals surface area contributed by atoms with E-state index >= 15 is 0 Å². The first kappa shape index (κ1) is 9.26. The third kappa shape index (κ3) is 3.53. The Balaban J connectivity index is 2.29. The van der Waals surface area contributed by atoms with E-state index in [0.717, 1.165) is 12.8 Å². The smallest absolute Gasteiger partial charge is 0.185 e. The molecular weight excluding hydrogens is 170 g/mol. The maximum atomic E-state index is 10.5. The third-order valence-electron chi connectivity index (χ3n) is 1.58. The van der Waals surface area contributed by atoms with E-state index in [9.17, 15) is 4.79 Å². The van der Waals surface area contributed by atoms with Crippen LogP contribution in [-0.4, -0.2) is 10.1 Å². The highest BCUT2D eigenvalue weighted by Gasteiger charge is 1.95. The van der Waals surface area contributed by atoms with Gasteiger partial charge in [0.05, 0.1) is 0 Å². The number of hydrogen-bond donors (Lipinski definition) is 1. The van der Waals surface area contributed by atoms with Crippen molar-refractivity contribution in [1.82, 2.24) is 4.98 Å². The number of thiol groups is 1. The Labute approximate surface area is 77.4 Å². The monoisotopic (exact) mass is 181 g/mol. The number of aryl methyl sites for hydroxylation is 1. The highest BCUT2D eigenvalue weighted by Crippen LogP contribution is 2.03. The summed E-state index contributed by atoms with van der Waals surface area (Å²) in [7, 11) is 0. The Morgan fingerprint density at radius 2 is 2.42 bits per heavy atom. The van der Waals surface area contributed by atoms with Gasteiger partial charge >= 0.3 is 0 Å². The Kier molecular flexibility index (Phi) is 3.80. The number of pyridine rings is 1. The highest BCUT2D eigenvalue weighted by atomic mass is 32.1. The lowest BCUT2D eigenvalue weighted by atomic mass is 10.1. The van der Waals surface area contributed by atoms with E-state index in [-0.39, 0.29) is 5.12 Å². The second-order valence-electron chi connectivity index (χ2n) is 2.61. The molecule has 1 aromatic heterocycles. The number of carbonyl (C=O) groups excluding carboxylic acids is 1. The molecule has 0 unspecified atom stereocenters. The van der Waals surface area contributed by atoms with Gasteiger partial charge in [0.15, 0.2) is 5.12 Å². The molecule has 1 aromatic rings. The van der Waals surface area contributed by atoms with Gasteiger partial charge in [-0.05, 0) is 24.5 Å². The fourth-order valence-electron chi connectivity index (χ4n) is 0.990. The van der Waals surface area contributed by atoms with Crippen LogP contribution in [0.15, 0.2) is 24.5 Å². The molecule has 0 amide bonds. The first-order chi connectivity index (χ1) is 5.79. The van der Waals surface area contributed by atoms with Crippen LogP contribution in [0, 0.1) is 0 Å². The SMILES string of the molecule is O=C(S)CCCc1cccnc1. The van der Waals surface area contributed by atoms with E-state index in [1.807, 2.05) is 18.3 Å². The summed E-state index contributed by atoms with van der Waals surface area (Å²) in [6, 6.07) is 3.91. The van der Waals surface area contributed by atoms with Crippen molar-refractivity contribution in [3.05, 3.63) is 30.1 Å². The number of nitrogens with zero attached hydrogens (tertiary/aromatic N) is 1. The van der Waals surface area contributed by atoms with E-state index in [0.29, 0.717) is 6.42 Å². The summed E-state index contributed by atoms with van der Waals surface area (Å²) in [6.45, 7) is 0. The van der Waals surface area contributed by atoms with E-state index in [4.69, 9.17) is 0 Å². The summed E-state index contributed by atoms with van der Waals surface area (Å²) in [5.41, 5.74) is 1.17. The van der Waals surface area contributed by atoms with Gasteiger partial charge in [0.1, 0.15) is 0 Å². The van der Waals surface area contributed by atoms with E-state index in [2.05, 4.69) is 17.6 Å². The topological polar surface area (TPSA) is 30.0 Å². The van der Waals surface area contributed by atoms with Gasteiger partial charge in [-0.3, -0.25) is 9.78 Å². The van der Waals surface area contributed by atoms with Gasteiger partial charge in [0, 0.05) is 18.8 Å². The van der Waals surface area contributed by atoms with Crippen LogP contribution < -0.4 is 0 Å². The summed E-state index contributed by atoms with van der Waals surface area (Å²) in [5.74, 6) is 0. The molecule has 0 aliphatic heterocycles. The minimum absolute atomic E-state index is 0.0427. The van der Waals surface area contributed by atoms with Gasteiger partial charge in [-0.1, -0.05) is 6.07 Å². The van der Waals surface area contributed by atoms with Crippen molar-refractivity contribution in [2.24, 2.45) is 0 Å². The summed E-state index contributed by atoms with van der Waals surface area (Å²) >= 11 is 3.69. The zero-order valence-corrected chi connectivity index (χ0v) is 7.63. The van der Waals surface area contributed by atoms with Crippen LogP contribution in [0.5, 0.6) is 0 Å². The van der Waals surface area contributed by atoms with Gasteiger partial charge in [-0.2, -0.15) is 0 Å². The molecule has 3 heteroatoms. The Morgan fingerprint density at radius 1 is 1.58 bits per heavy atom. The number of aromatic nitrogens is 1. The van der Waals surface area contributed by atoms with E-state index in [1.165, 1.54) is 5.56 Å². The highest BCUT2D eigenvalue weighted by molar-refractivity contribution is 7.96. The third-order valence-corrected chi connectivity index (χ3v) is 1.80. The molecule has 64 valence electrons. The first-order valence-corrected chi connectivity index (χ1v) is 4.34. The zero-order chi connectivity index (χ0) is 8.81. The molecule has 0 radical (unpaired) electrons. The van der Waals surface area contributed by atoms with E-state index < -0.39 is 0 Å². The maximum absolute atomic E-state index is 10.5. The summed E-state index contributed by atoms with van der Waals surface area (Å²) in [4.78, 5) is 14.5. The normalized spacial score (nSPS) is 9.75. The molecule has 0 aliphatic rings. The maximum Gasteiger partial charge on any atom is 0.185 e. The van der Waals surface area contributed by atoms with Crippen molar-refractivity contribution in [3.8, 4) is 0 Å². The number of carbonyl (C=O) groups is 1. The second-order valence-corrected chi connectivity index (χ2v) is 3.11. The van der Waals surface area contributed by atoms with Crippen LogP contribution in [-0.2, 0) is 11.2 Å². The van der Waals surface area contributed by atoms with Gasteiger partial charge in [-0.15, -0.1) is 12.6 Å². The second kappa shape index (κ2) is 4.93. The molecule has 2 nitrogen and oxygen atoms in total. The minimum Gasteiger partial charge on any atom is -0.288 e. The van der Waals surface area contributed by atoms with Crippen LogP contribution in [0.4, 0.5) is 0 Å². The average molecular weight is 181 g/mol. The van der Waals surface area contributed by atoms with Crippen molar-refractivity contribution >= 4 is 17.7 Å². The summed E-state index contributed by atoms with van der Waals surface area (Å²) in [6.07, 6.45) is 5.86. The summed E-state index contributed by atoms with van der Waals surface area (Å²) < 4.78 is 0. The fourth-order valence-corrected chi connectivity index (χ4v) is 1.15. The molecule has 1 heterocycles. The van der Waals surface area contributed by atoms with E-state index in [1.54, 1.807) is 6.20 Å². The molecule has 0 N–H and O–H groups in total. The lowest BCUT2D eigenvalue weighted by Gasteiger charge is -1.97. The minimum atomic E-state index is -0.0427. The molecule has 0 aromatic carbocycles. The Bertz CT molecular complexity index is 248. The standard InChI is InChI=1S/C9H11NOS/c11-9(12)5-1-3-8-4-2-6-10-7-8/h2,4,6-7H,1,3,5H2,(H,11,12). The van der Waals surface area contributed by atoms with Crippen LogP contribution in [0.3, 0.4) is 0 Å². The molecule has 0 atom stereocenters. The van der Waals surface area contributed by atoms with Crippen molar-refractivity contribution < 1.29 is 4.79 Å². The Morgan fingerprint density at radius 3 is 3.00 bits per heavy atom. The average Bonchev–Trinajstić information content (AvgIpc) is 2.05.